The SMILES string of the molecule is N#Cc1ccccc1COc1ccc(/C=C2/C=C(c3ccc(Br)cc3)OC2=O)cc1. The summed E-state index contributed by atoms with van der Waals surface area (Å²) < 4.78 is 12.1. The Kier molecular flexibility index (Phi) is 5.78. The van der Waals surface area contributed by atoms with Crippen LogP contribution >= 0.6 is 15.9 Å². The van der Waals surface area contributed by atoms with Crippen LogP contribution in [0.3, 0.4) is 0 Å². The summed E-state index contributed by atoms with van der Waals surface area (Å²) in [5, 5.41) is 9.16. The van der Waals surface area contributed by atoms with Crippen LogP contribution in [0.2, 0.25) is 0 Å². The molecule has 1 heterocycles. The number of cyclic esters (lactones) is 1. The fraction of sp³-hybridized carbons (Fsp3) is 0.0400. The summed E-state index contributed by atoms with van der Waals surface area (Å²) in [7, 11) is 0. The first-order valence-electron chi connectivity index (χ1n) is 9.25. The van der Waals surface area contributed by atoms with Gasteiger partial charge in [0.1, 0.15) is 18.1 Å². The first-order valence-corrected chi connectivity index (χ1v) is 10.0. The van der Waals surface area contributed by atoms with Crippen molar-refractivity contribution in [2.75, 3.05) is 0 Å². The van der Waals surface area contributed by atoms with Gasteiger partial charge in [0.2, 0.25) is 0 Å². The third kappa shape index (κ3) is 4.51. The zero-order valence-electron chi connectivity index (χ0n) is 15.8. The summed E-state index contributed by atoms with van der Waals surface area (Å²) in [6, 6.07) is 24.5. The monoisotopic (exact) mass is 457 g/mol. The van der Waals surface area contributed by atoms with Crippen molar-refractivity contribution >= 4 is 33.7 Å². The number of hydrogen-bond acceptors (Lipinski definition) is 4. The van der Waals surface area contributed by atoms with Crippen LogP contribution in [0.25, 0.3) is 11.8 Å². The van der Waals surface area contributed by atoms with Gasteiger partial charge < -0.3 is 9.47 Å². The number of rotatable bonds is 5. The number of ether oxygens (including phenoxy) is 2. The smallest absolute Gasteiger partial charge is 0.343 e. The number of carbonyl (C=O) groups is 1. The minimum Gasteiger partial charge on any atom is -0.489 e. The molecule has 4 nitrogen and oxygen atoms in total. The molecule has 0 fully saturated rings. The minimum absolute atomic E-state index is 0.315. The normalized spacial score (nSPS) is 14.2. The number of benzene rings is 3. The molecule has 0 radical (unpaired) electrons. The van der Waals surface area contributed by atoms with E-state index in [2.05, 4.69) is 22.0 Å². The topological polar surface area (TPSA) is 59.3 Å². The third-order valence-electron chi connectivity index (χ3n) is 4.59. The average Bonchev–Trinajstić information content (AvgIpc) is 3.14. The quantitative estimate of drug-likeness (QED) is 0.354. The Labute approximate surface area is 182 Å². The Bertz CT molecular complexity index is 1190. The van der Waals surface area contributed by atoms with Crippen LogP contribution in [0.15, 0.2) is 88.9 Å². The molecule has 1 aliphatic heterocycles. The largest absolute Gasteiger partial charge is 0.489 e. The van der Waals surface area contributed by atoms with Crippen molar-refractivity contribution in [1.29, 1.82) is 5.26 Å². The van der Waals surface area contributed by atoms with Crippen molar-refractivity contribution in [2.24, 2.45) is 0 Å². The van der Waals surface area contributed by atoms with Gasteiger partial charge in [-0.2, -0.15) is 5.26 Å². The van der Waals surface area contributed by atoms with Crippen molar-refractivity contribution in [3.05, 3.63) is 111 Å². The van der Waals surface area contributed by atoms with Gasteiger partial charge in [0.25, 0.3) is 0 Å². The molecule has 0 aromatic heterocycles. The molecular formula is C25H16BrNO3. The molecule has 5 heteroatoms. The van der Waals surface area contributed by atoms with Crippen LogP contribution in [-0.4, -0.2) is 5.97 Å². The van der Waals surface area contributed by atoms with Crippen LogP contribution in [0.1, 0.15) is 22.3 Å². The Morgan fingerprint density at radius 3 is 2.47 bits per heavy atom. The van der Waals surface area contributed by atoms with Crippen molar-refractivity contribution < 1.29 is 14.3 Å². The fourth-order valence-electron chi connectivity index (χ4n) is 3.00. The van der Waals surface area contributed by atoms with Crippen molar-refractivity contribution in [1.82, 2.24) is 0 Å². The van der Waals surface area contributed by atoms with Gasteiger partial charge in [0.15, 0.2) is 0 Å². The lowest BCUT2D eigenvalue weighted by molar-refractivity contribution is -0.130. The van der Waals surface area contributed by atoms with E-state index in [4.69, 9.17) is 14.7 Å². The molecule has 0 unspecified atom stereocenters. The minimum atomic E-state index is -0.374. The molecule has 0 aliphatic carbocycles. The van der Waals surface area contributed by atoms with Gasteiger partial charge in [-0.3, -0.25) is 0 Å². The summed E-state index contributed by atoms with van der Waals surface area (Å²) in [6.45, 7) is 0.315. The zero-order valence-corrected chi connectivity index (χ0v) is 17.4. The predicted octanol–water partition coefficient (Wildman–Crippen LogP) is 5.88. The second-order valence-electron chi connectivity index (χ2n) is 6.63. The lowest BCUT2D eigenvalue weighted by Gasteiger charge is -2.07. The molecular weight excluding hydrogens is 442 g/mol. The molecule has 4 rings (SSSR count). The van der Waals surface area contributed by atoms with Crippen molar-refractivity contribution in [3.63, 3.8) is 0 Å². The second-order valence-corrected chi connectivity index (χ2v) is 7.55. The number of nitrogens with zero attached hydrogens (tertiary/aromatic N) is 1. The Balaban J connectivity index is 1.46. The first kappa shape index (κ1) is 19.7. The summed E-state index contributed by atoms with van der Waals surface area (Å²) in [6.07, 6.45) is 3.53. The molecule has 3 aromatic carbocycles. The van der Waals surface area contributed by atoms with Crippen molar-refractivity contribution in [3.8, 4) is 11.8 Å². The van der Waals surface area contributed by atoms with E-state index in [1.165, 1.54) is 0 Å². The maximum atomic E-state index is 12.2. The van der Waals surface area contributed by atoms with Crippen LogP contribution in [-0.2, 0) is 16.1 Å². The van der Waals surface area contributed by atoms with Gasteiger partial charge in [-0.25, -0.2) is 4.79 Å². The molecule has 0 atom stereocenters. The average molecular weight is 458 g/mol. The van der Waals surface area contributed by atoms with Gasteiger partial charge in [0, 0.05) is 15.6 Å². The van der Waals surface area contributed by atoms with Crippen LogP contribution in [0, 0.1) is 11.3 Å². The van der Waals surface area contributed by atoms with Gasteiger partial charge in [-0.15, -0.1) is 0 Å². The van der Waals surface area contributed by atoms with Crippen LogP contribution in [0.4, 0.5) is 0 Å². The van der Waals surface area contributed by atoms with E-state index < -0.39 is 0 Å². The predicted molar refractivity (Wildman–Crippen MR) is 118 cm³/mol. The molecule has 146 valence electrons. The highest BCUT2D eigenvalue weighted by Crippen LogP contribution is 2.28. The maximum Gasteiger partial charge on any atom is 0.343 e. The lowest BCUT2D eigenvalue weighted by atomic mass is 10.1. The molecule has 1 aliphatic rings. The van der Waals surface area contributed by atoms with Crippen LogP contribution in [0.5, 0.6) is 5.75 Å². The zero-order chi connectivity index (χ0) is 20.9. The van der Waals surface area contributed by atoms with Crippen molar-refractivity contribution in [2.45, 2.75) is 6.61 Å². The van der Waals surface area contributed by atoms with E-state index in [1.54, 1.807) is 18.2 Å². The van der Waals surface area contributed by atoms with E-state index >= 15 is 0 Å². The number of hydrogen-bond donors (Lipinski definition) is 0. The molecule has 30 heavy (non-hydrogen) atoms. The number of esters is 1. The Morgan fingerprint density at radius 1 is 1.00 bits per heavy atom. The Hall–Kier alpha value is -3.62. The fourth-order valence-corrected chi connectivity index (χ4v) is 3.27. The van der Waals surface area contributed by atoms with E-state index in [0.717, 1.165) is 21.2 Å². The molecule has 0 saturated carbocycles. The van der Waals surface area contributed by atoms with Crippen LogP contribution < -0.4 is 4.74 Å². The summed E-state index contributed by atoms with van der Waals surface area (Å²) in [5.41, 5.74) is 3.64. The highest BCUT2D eigenvalue weighted by atomic mass is 79.9. The first-order chi connectivity index (χ1) is 14.6. The maximum absolute atomic E-state index is 12.2. The van der Waals surface area contributed by atoms with Gasteiger partial charge >= 0.3 is 5.97 Å². The molecule has 3 aromatic rings. The second kappa shape index (κ2) is 8.81. The summed E-state index contributed by atoms with van der Waals surface area (Å²) in [5.74, 6) is 0.848. The van der Waals surface area contributed by atoms with E-state index in [0.29, 0.717) is 29.3 Å². The third-order valence-corrected chi connectivity index (χ3v) is 5.12. The standard InChI is InChI=1S/C25H16BrNO3/c26-22-9-7-18(8-10-22)24-14-21(25(28)30-24)13-17-5-11-23(12-6-17)29-16-20-4-2-1-3-19(20)15-27/h1-14H,16H2/b21-13-. The van der Waals surface area contributed by atoms with Gasteiger partial charge in [0.05, 0.1) is 17.2 Å². The lowest BCUT2D eigenvalue weighted by Crippen LogP contribution is -1.98. The summed E-state index contributed by atoms with van der Waals surface area (Å²) in [4.78, 5) is 12.2. The highest BCUT2D eigenvalue weighted by molar-refractivity contribution is 9.10. The number of nitriles is 1. The molecule has 0 spiro atoms. The molecule has 0 saturated heterocycles. The summed E-state index contributed by atoms with van der Waals surface area (Å²) >= 11 is 3.40. The van der Waals surface area contributed by atoms with E-state index in [1.807, 2.05) is 66.7 Å². The van der Waals surface area contributed by atoms with E-state index in [9.17, 15) is 4.79 Å². The number of carbonyl (C=O) groups excluding carboxylic acids is 1. The van der Waals surface area contributed by atoms with Gasteiger partial charge in [-0.1, -0.05) is 58.4 Å². The molecule has 0 amide bonds. The molecule has 0 N–H and O–H groups in total. The van der Waals surface area contributed by atoms with Gasteiger partial charge in [-0.05, 0) is 48.0 Å². The van der Waals surface area contributed by atoms with E-state index in [-0.39, 0.29) is 5.97 Å². The molecule has 0 bridgehead atoms. The highest BCUT2D eigenvalue weighted by Gasteiger charge is 2.21. The number of halogens is 1. The Morgan fingerprint density at radius 2 is 1.73 bits per heavy atom.